The molecule has 5 heteroatoms. The van der Waals surface area contributed by atoms with E-state index in [1.54, 1.807) is 0 Å². The summed E-state index contributed by atoms with van der Waals surface area (Å²) in [7, 11) is 0. The maximum Gasteiger partial charge on any atom is 0.339 e. The summed E-state index contributed by atoms with van der Waals surface area (Å²) in [4.78, 5) is 18.1. The molecule has 1 N–H and O–H groups in total. The first-order valence-electron chi connectivity index (χ1n) is 6.50. The number of pyridine rings is 1. The largest absolute Gasteiger partial charge is 0.478 e. The van der Waals surface area contributed by atoms with Gasteiger partial charge in [0.25, 0.3) is 0 Å². The number of hydrogen-bond acceptors (Lipinski definition) is 4. The van der Waals surface area contributed by atoms with Crippen molar-refractivity contribution in [1.82, 2.24) is 4.98 Å². The molecule has 2 rings (SSSR count). The summed E-state index contributed by atoms with van der Waals surface area (Å²) in [6.07, 6.45) is 0. The fourth-order valence-electron chi connectivity index (χ4n) is 2.66. The molecule has 0 aliphatic carbocycles. The van der Waals surface area contributed by atoms with Crippen LogP contribution in [-0.4, -0.2) is 39.6 Å². The SMILES string of the molecule is Cc1cc(C)c(C(=O)O)c(N2CC(C)SC(C)C2)n1. The highest BCUT2D eigenvalue weighted by Gasteiger charge is 2.27. The van der Waals surface area contributed by atoms with Gasteiger partial charge in [0.1, 0.15) is 11.4 Å². The molecular formula is C14H20N2O2S. The molecule has 0 amide bonds. The molecule has 1 fully saturated rings. The number of anilines is 1. The summed E-state index contributed by atoms with van der Waals surface area (Å²) in [5.74, 6) is -0.262. The number of rotatable bonds is 2. The van der Waals surface area contributed by atoms with Gasteiger partial charge in [0.05, 0.1) is 0 Å². The second-order valence-corrected chi connectivity index (χ2v) is 7.13. The van der Waals surface area contributed by atoms with Crippen LogP contribution in [0.2, 0.25) is 0 Å². The third kappa shape index (κ3) is 3.03. The quantitative estimate of drug-likeness (QED) is 0.902. The van der Waals surface area contributed by atoms with Crippen LogP contribution >= 0.6 is 11.8 Å². The highest BCUT2D eigenvalue weighted by molar-refractivity contribution is 8.00. The first-order chi connectivity index (χ1) is 8.88. The van der Waals surface area contributed by atoms with Gasteiger partial charge < -0.3 is 10.0 Å². The van der Waals surface area contributed by atoms with E-state index in [-0.39, 0.29) is 0 Å². The molecular weight excluding hydrogens is 260 g/mol. The maximum atomic E-state index is 11.5. The highest BCUT2D eigenvalue weighted by Crippen LogP contribution is 2.30. The zero-order valence-corrected chi connectivity index (χ0v) is 12.6. The van der Waals surface area contributed by atoms with Crippen LogP contribution < -0.4 is 4.90 Å². The van der Waals surface area contributed by atoms with Crippen LogP contribution in [0.5, 0.6) is 0 Å². The number of carboxylic acid groups (broad SMARTS) is 1. The minimum Gasteiger partial charge on any atom is -0.478 e. The number of hydrogen-bond donors (Lipinski definition) is 1. The molecule has 0 aromatic carbocycles. The molecule has 0 spiro atoms. The average molecular weight is 280 g/mol. The molecule has 104 valence electrons. The summed E-state index contributed by atoms with van der Waals surface area (Å²) < 4.78 is 0. The lowest BCUT2D eigenvalue weighted by Crippen LogP contribution is -2.41. The predicted octanol–water partition coefficient (Wildman–Crippen LogP) is 2.73. The number of nitrogens with zero attached hydrogens (tertiary/aromatic N) is 2. The molecule has 1 aromatic heterocycles. The van der Waals surface area contributed by atoms with E-state index < -0.39 is 5.97 Å². The minimum absolute atomic E-state index is 0.344. The zero-order valence-electron chi connectivity index (χ0n) is 11.8. The predicted molar refractivity (Wildman–Crippen MR) is 79.4 cm³/mol. The number of aromatic nitrogens is 1. The molecule has 4 nitrogen and oxygen atoms in total. The van der Waals surface area contributed by atoms with Crippen molar-refractivity contribution in [3.63, 3.8) is 0 Å². The van der Waals surface area contributed by atoms with Crippen molar-refractivity contribution in [1.29, 1.82) is 0 Å². The third-order valence-electron chi connectivity index (χ3n) is 3.26. The van der Waals surface area contributed by atoms with Gasteiger partial charge in [-0.1, -0.05) is 13.8 Å². The number of carbonyl (C=O) groups is 1. The number of aryl methyl sites for hydroxylation is 2. The van der Waals surface area contributed by atoms with Crippen molar-refractivity contribution in [2.75, 3.05) is 18.0 Å². The highest BCUT2D eigenvalue weighted by atomic mass is 32.2. The minimum atomic E-state index is -0.890. The molecule has 2 heterocycles. The van der Waals surface area contributed by atoms with E-state index in [1.165, 1.54) is 0 Å². The molecule has 1 aliphatic rings. The Morgan fingerprint density at radius 2 is 1.95 bits per heavy atom. The summed E-state index contributed by atoms with van der Waals surface area (Å²) in [6, 6.07) is 1.83. The maximum absolute atomic E-state index is 11.5. The van der Waals surface area contributed by atoms with Gasteiger partial charge in [-0.2, -0.15) is 11.8 Å². The first-order valence-corrected chi connectivity index (χ1v) is 7.44. The van der Waals surface area contributed by atoms with Crippen LogP contribution in [0.25, 0.3) is 0 Å². The van der Waals surface area contributed by atoms with Crippen molar-refractivity contribution in [2.45, 2.75) is 38.2 Å². The van der Waals surface area contributed by atoms with E-state index in [1.807, 2.05) is 31.7 Å². The van der Waals surface area contributed by atoms with Gasteiger partial charge in [-0.05, 0) is 25.5 Å². The molecule has 1 aliphatic heterocycles. The normalized spacial score (nSPS) is 23.5. The first kappa shape index (κ1) is 14.2. The van der Waals surface area contributed by atoms with Gasteiger partial charge in [-0.15, -0.1) is 0 Å². The van der Waals surface area contributed by atoms with Crippen LogP contribution in [0, 0.1) is 13.8 Å². The lowest BCUT2D eigenvalue weighted by Gasteiger charge is -2.36. The monoisotopic (exact) mass is 280 g/mol. The Labute approximate surface area is 118 Å². The van der Waals surface area contributed by atoms with E-state index in [4.69, 9.17) is 0 Å². The molecule has 2 unspecified atom stereocenters. The summed E-state index contributed by atoms with van der Waals surface area (Å²) in [5, 5.41) is 10.4. The lowest BCUT2D eigenvalue weighted by molar-refractivity contribution is 0.0696. The van der Waals surface area contributed by atoms with Crippen LogP contribution in [0.3, 0.4) is 0 Å². The Balaban J connectivity index is 2.45. The van der Waals surface area contributed by atoms with Gasteiger partial charge in [0, 0.05) is 29.3 Å². The molecule has 1 aromatic rings. The summed E-state index contributed by atoms with van der Waals surface area (Å²) in [5.41, 5.74) is 2.00. The van der Waals surface area contributed by atoms with E-state index >= 15 is 0 Å². The van der Waals surface area contributed by atoms with Crippen LogP contribution in [-0.2, 0) is 0 Å². The Hall–Kier alpha value is -1.23. The van der Waals surface area contributed by atoms with Gasteiger partial charge in [0.2, 0.25) is 0 Å². The second-order valence-electron chi connectivity index (χ2n) is 5.25. The zero-order chi connectivity index (χ0) is 14.2. The van der Waals surface area contributed by atoms with Crippen molar-refractivity contribution >= 4 is 23.5 Å². The molecule has 0 saturated carbocycles. The van der Waals surface area contributed by atoms with Crippen molar-refractivity contribution in [2.24, 2.45) is 0 Å². The topological polar surface area (TPSA) is 53.4 Å². The van der Waals surface area contributed by atoms with E-state index in [2.05, 4.69) is 23.7 Å². The Bertz CT molecular complexity index is 494. The fraction of sp³-hybridized carbons (Fsp3) is 0.571. The molecule has 1 saturated heterocycles. The molecule has 0 bridgehead atoms. The average Bonchev–Trinajstić information content (AvgIpc) is 2.25. The van der Waals surface area contributed by atoms with E-state index in [9.17, 15) is 9.90 Å². The smallest absolute Gasteiger partial charge is 0.339 e. The molecule has 19 heavy (non-hydrogen) atoms. The van der Waals surface area contributed by atoms with Gasteiger partial charge in [-0.25, -0.2) is 9.78 Å². The molecule has 2 atom stereocenters. The van der Waals surface area contributed by atoms with Crippen LogP contribution in [0.15, 0.2) is 6.07 Å². The Morgan fingerprint density at radius 3 is 2.47 bits per heavy atom. The summed E-state index contributed by atoms with van der Waals surface area (Å²) in [6.45, 7) is 9.81. The second kappa shape index (κ2) is 5.41. The lowest BCUT2D eigenvalue weighted by atomic mass is 10.1. The Morgan fingerprint density at radius 1 is 1.37 bits per heavy atom. The van der Waals surface area contributed by atoms with Crippen molar-refractivity contribution in [3.8, 4) is 0 Å². The number of carboxylic acids is 1. The number of thioether (sulfide) groups is 1. The van der Waals surface area contributed by atoms with Crippen LogP contribution in [0.1, 0.15) is 35.5 Å². The van der Waals surface area contributed by atoms with Crippen LogP contribution in [0.4, 0.5) is 5.82 Å². The van der Waals surface area contributed by atoms with Crippen molar-refractivity contribution in [3.05, 3.63) is 22.9 Å². The Kier molecular flexibility index (Phi) is 4.04. The molecule has 0 radical (unpaired) electrons. The fourth-order valence-corrected chi connectivity index (χ4v) is 3.99. The van der Waals surface area contributed by atoms with E-state index in [0.29, 0.717) is 21.9 Å². The van der Waals surface area contributed by atoms with Gasteiger partial charge in [-0.3, -0.25) is 0 Å². The van der Waals surface area contributed by atoms with Gasteiger partial charge in [0.15, 0.2) is 0 Å². The van der Waals surface area contributed by atoms with Crippen molar-refractivity contribution < 1.29 is 9.90 Å². The standard InChI is InChI=1S/C14H20N2O2S/c1-8-5-9(2)15-13(12(8)14(17)18)16-6-10(3)19-11(4)7-16/h5,10-11H,6-7H2,1-4H3,(H,17,18). The number of aromatic carboxylic acids is 1. The third-order valence-corrected chi connectivity index (χ3v) is 4.49. The van der Waals surface area contributed by atoms with E-state index in [0.717, 1.165) is 24.3 Å². The van der Waals surface area contributed by atoms with Gasteiger partial charge >= 0.3 is 5.97 Å². The summed E-state index contributed by atoms with van der Waals surface area (Å²) >= 11 is 1.95.